The Balaban J connectivity index is 1.22. The number of methoxy groups -OCH3 is 1. The normalized spacial score (nSPS) is 28.6. The number of halogens is 1. The number of imidazole rings is 2. The molecule has 0 aliphatic carbocycles. The number of aromatic amines is 1. The van der Waals surface area contributed by atoms with E-state index in [0.29, 0.717) is 24.0 Å². The van der Waals surface area contributed by atoms with Gasteiger partial charge in [0, 0.05) is 14.2 Å². The molecule has 48 heavy (non-hydrogen) atoms. The van der Waals surface area contributed by atoms with Gasteiger partial charge < -0.3 is 49.0 Å². The fourth-order valence-corrected chi connectivity index (χ4v) is 7.55. The van der Waals surface area contributed by atoms with E-state index in [0.717, 1.165) is 13.4 Å². The van der Waals surface area contributed by atoms with E-state index in [-0.39, 0.29) is 36.1 Å². The lowest BCUT2D eigenvalue weighted by Gasteiger charge is -2.31. The molecule has 7 N–H and O–H groups in total. The van der Waals surface area contributed by atoms with Crippen molar-refractivity contribution in [1.82, 2.24) is 39.0 Å². The first-order valence-electron chi connectivity index (χ1n) is 14.1. The molecule has 4 aromatic heterocycles. The number of H-pyrrole nitrogens is 1. The molecule has 8 atom stereocenters. The van der Waals surface area contributed by atoms with Gasteiger partial charge in [0.15, 0.2) is 35.0 Å². The first-order chi connectivity index (χ1) is 22.8. The van der Waals surface area contributed by atoms with Crippen LogP contribution in [0.1, 0.15) is 25.3 Å². The highest BCUT2D eigenvalue weighted by molar-refractivity contribution is 8.07. The van der Waals surface area contributed by atoms with Crippen LogP contribution >= 0.6 is 13.4 Å². The van der Waals surface area contributed by atoms with E-state index in [2.05, 4.69) is 29.9 Å². The number of hydrogen-bond donors (Lipinski definition) is 5. The summed E-state index contributed by atoms with van der Waals surface area (Å²) in [6, 6.07) is 0. The average Bonchev–Trinajstić information content (AvgIpc) is 3.82. The molecule has 0 saturated carbocycles. The third kappa shape index (κ3) is 7.01. The summed E-state index contributed by atoms with van der Waals surface area (Å²) in [5.74, 6) is -0.0265. The van der Waals surface area contributed by atoms with E-state index in [9.17, 15) is 14.6 Å². The molecule has 0 bridgehead atoms. The molecule has 2 fully saturated rings. The van der Waals surface area contributed by atoms with Crippen molar-refractivity contribution in [1.29, 1.82) is 0 Å². The number of nitrogens with one attached hydrogen (secondary N) is 1. The number of anilines is 2. The largest absolute Gasteiger partial charge is 0.382 e. The Morgan fingerprint density at radius 1 is 1.08 bits per heavy atom. The number of nitrogen functional groups attached to an aromatic ring is 2. The summed E-state index contributed by atoms with van der Waals surface area (Å²) in [4.78, 5) is 56.6. The monoisotopic (exact) mass is 752 g/mol. The number of aromatic nitrogens is 8. The highest BCUT2D eigenvalue weighted by Gasteiger charge is 2.51. The first kappa shape index (κ1) is 35.2. The van der Waals surface area contributed by atoms with Gasteiger partial charge in [-0.1, -0.05) is 0 Å². The van der Waals surface area contributed by atoms with Crippen molar-refractivity contribution in [3.05, 3.63) is 29.3 Å². The average molecular weight is 753 g/mol. The third-order valence-corrected chi connectivity index (χ3v) is 10.9. The van der Waals surface area contributed by atoms with Gasteiger partial charge in [-0.3, -0.25) is 23.4 Å². The fourth-order valence-electron chi connectivity index (χ4n) is 5.49. The van der Waals surface area contributed by atoms with Crippen LogP contribution in [0.4, 0.5) is 16.2 Å². The van der Waals surface area contributed by atoms with Gasteiger partial charge in [-0.05, 0) is 36.5 Å². The number of hydrogen-bond acceptors (Lipinski definition) is 17. The summed E-state index contributed by atoms with van der Waals surface area (Å²) in [5.41, 5.74) is 10.6. The van der Waals surface area contributed by atoms with Crippen LogP contribution in [0, 0.1) is 0 Å². The molecule has 6 rings (SSSR count). The van der Waals surface area contributed by atoms with E-state index in [1.165, 1.54) is 24.3 Å². The standard InChI is InChI=1S/C23H31FN10O10P2S2/c1-38-6-23(4-3-12(43-23)33-9-29-14-17(25)27-8-28-18(14)33)7-41-46(37,48)44-16-13(24)11(5-40-45(36,47)39-2)42-21(16)34-10-30-15-19(34)31-22(26)32-20(15)35/h8-13,16,21H,3-7H2,1-2H3,(H,36,47)(H,37,48)(H2,25,27,28)(H3,26,31,32,35)/t11-,12-,13+,16-,21-,23-,45?,46?/m1/s1. The summed E-state index contributed by atoms with van der Waals surface area (Å²) >= 11 is 10.2. The van der Waals surface area contributed by atoms with E-state index < -0.39 is 62.0 Å². The van der Waals surface area contributed by atoms with Crippen molar-refractivity contribution >= 4 is 71.1 Å². The summed E-state index contributed by atoms with van der Waals surface area (Å²) in [5, 5.41) is 0. The second-order valence-corrected chi connectivity index (χ2v) is 16.6. The van der Waals surface area contributed by atoms with Crippen LogP contribution < -0.4 is 17.0 Å². The number of nitrogens with zero attached hydrogens (tertiary/aromatic N) is 7. The highest BCUT2D eigenvalue weighted by Crippen LogP contribution is 2.52. The van der Waals surface area contributed by atoms with Crippen molar-refractivity contribution in [3.8, 4) is 0 Å². The molecule has 2 unspecified atom stereocenters. The van der Waals surface area contributed by atoms with Crippen LogP contribution in [-0.4, -0.2) is 107 Å². The van der Waals surface area contributed by atoms with Crippen molar-refractivity contribution < 1.29 is 46.5 Å². The lowest BCUT2D eigenvalue weighted by molar-refractivity contribution is -0.125. The molecule has 262 valence electrons. The van der Waals surface area contributed by atoms with Crippen LogP contribution in [0.3, 0.4) is 0 Å². The summed E-state index contributed by atoms with van der Waals surface area (Å²) in [6.45, 7) is -8.81. The van der Waals surface area contributed by atoms with Gasteiger partial charge in [-0.25, -0.2) is 24.3 Å². The van der Waals surface area contributed by atoms with Crippen LogP contribution in [0.5, 0.6) is 0 Å². The van der Waals surface area contributed by atoms with Gasteiger partial charge in [0.25, 0.3) is 5.56 Å². The molecular weight excluding hydrogens is 721 g/mol. The molecular formula is C23H31FN10O10P2S2. The summed E-state index contributed by atoms with van der Waals surface area (Å²) in [6.07, 6.45) is -2.21. The van der Waals surface area contributed by atoms with Crippen molar-refractivity contribution in [2.45, 2.75) is 49.3 Å². The van der Waals surface area contributed by atoms with Gasteiger partial charge in [0.1, 0.15) is 35.9 Å². The molecule has 4 aromatic rings. The predicted molar refractivity (Wildman–Crippen MR) is 172 cm³/mol. The Morgan fingerprint density at radius 2 is 1.83 bits per heavy atom. The highest BCUT2D eigenvalue weighted by atomic mass is 32.5. The first-order valence-corrected chi connectivity index (χ1v) is 19.2. The second-order valence-electron chi connectivity index (χ2n) is 10.9. The molecule has 2 aliphatic heterocycles. The zero-order chi connectivity index (χ0) is 34.4. The minimum Gasteiger partial charge on any atom is -0.382 e. The van der Waals surface area contributed by atoms with Gasteiger partial charge in [0.2, 0.25) is 5.95 Å². The Bertz CT molecular complexity index is 1970. The lowest BCUT2D eigenvalue weighted by Crippen LogP contribution is -2.39. The van der Waals surface area contributed by atoms with Crippen LogP contribution in [0.15, 0.2) is 23.8 Å². The minimum atomic E-state index is -4.28. The van der Waals surface area contributed by atoms with E-state index in [4.69, 9.17) is 67.4 Å². The summed E-state index contributed by atoms with van der Waals surface area (Å²) < 4.78 is 58.1. The lowest BCUT2D eigenvalue weighted by atomic mass is 10.0. The van der Waals surface area contributed by atoms with E-state index >= 15 is 4.39 Å². The van der Waals surface area contributed by atoms with Crippen molar-refractivity contribution in [2.24, 2.45) is 0 Å². The van der Waals surface area contributed by atoms with Crippen LogP contribution in [0.2, 0.25) is 0 Å². The SMILES string of the molecule is COC[C@@]1(COP(O)(=S)O[C@@H]2[C@@H](F)[C@@H](COP(O)(=S)OC)O[C@H]2n2cnc3c(=O)[nH]c(N)nc32)CC[C@H](n2cnc3c(N)ncnc32)O1. The molecule has 0 amide bonds. The fraction of sp³-hybridized carbons (Fsp3) is 0.565. The predicted octanol–water partition coefficient (Wildman–Crippen LogP) is 0.552. The van der Waals surface area contributed by atoms with Crippen molar-refractivity contribution in [2.75, 3.05) is 45.5 Å². The maximum atomic E-state index is 16.1. The molecule has 25 heteroatoms. The summed E-state index contributed by atoms with van der Waals surface area (Å²) in [7, 11) is 2.61. The quantitative estimate of drug-likeness (QED) is 0.117. The molecule has 2 aliphatic rings. The number of fused-ring (bicyclic) bond motifs is 2. The topological polar surface area (TPSA) is 264 Å². The third-order valence-electron chi connectivity index (χ3n) is 7.71. The Morgan fingerprint density at radius 3 is 2.58 bits per heavy atom. The maximum Gasteiger partial charge on any atom is 0.325 e. The number of nitrogens with two attached hydrogens (primary N) is 2. The van der Waals surface area contributed by atoms with E-state index in [1.54, 1.807) is 4.57 Å². The van der Waals surface area contributed by atoms with Crippen molar-refractivity contribution in [3.63, 3.8) is 0 Å². The zero-order valence-electron chi connectivity index (χ0n) is 25.2. The van der Waals surface area contributed by atoms with Crippen LogP contribution in [-0.2, 0) is 55.9 Å². The Kier molecular flexibility index (Phi) is 9.97. The van der Waals surface area contributed by atoms with Gasteiger partial charge in [-0.2, -0.15) is 4.98 Å². The van der Waals surface area contributed by atoms with Gasteiger partial charge in [0.05, 0.1) is 32.5 Å². The zero-order valence-corrected chi connectivity index (χ0v) is 28.6. The minimum absolute atomic E-state index is 0.0398. The Labute approximate surface area is 280 Å². The molecule has 0 spiro atoms. The van der Waals surface area contributed by atoms with E-state index in [1.807, 2.05) is 0 Å². The van der Waals surface area contributed by atoms with Crippen LogP contribution in [0.25, 0.3) is 22.3 Å². The Hall–Kier alpha value is -2.63. The molecule has 0 radical (unpaired) electrons. The molecule has 6 heterocycles. The molecule has 2 saturated heterocycles. The molecule has 0 aromatic carbocycles. The molecule has 20 nitrogen and oxygen atoms in total. The number of alkyl halides is 1. The number of ether oxygens (including phenoxy) is 3. The van der Waals surface area contributed by atoms with Gasteiger partial charge >= 0.3 is 13.4 Å². The number of rotatable bonds is 13. The van der Waals surface area contributed by atoms with Gasteiger partial charge in [-0.15, -0.1) is 0 Å². The maximum absolute atomic E-state index is 16.1. The second kappa shape index (κ2) is 13.6. The smallest absolute Gasteiger partial charge is 0.325 e.